The van der Waals surface area contributed by atoms with Gasteiger partial charge in [-0.2, -0.15) is 0 Å². The zero-order chi connectivity index (χ0) is 18.2. The number of rotatable bonds is 7. The molecule has 0 aliphatic rings. The third-order valence-corrected chi connectivity index (χ3v) is 3.51. The zero-order valence-electron chi connectivity index (χ0n) is 14.7. The van der Waals surface area contributed by atoms with Crippen molar-refractivity contribution >= 4 is 17.6 Å². The van der Waals surface area contributed by atoms with Gasteiger partial charge < -0.3 is 14.8 Å². The first-order chi connectivity index (χ1) is 12.0. The molecule has 2 aromatic rings. The Morgan fingerprint density at radius 2 is 1.68 bits per heavy atom. The van der Waals surface area contributed by atoms with Gasteiger partial charge in [0.2, 0.25) is 0 Å². The monoisotopic (exact) mass is 341 g/mol. The van der Waals surface area contributed by atoms with E-state index >= 15 is 0 Å². The van der Waals surface area contributed by atoms with Gasteiger partial charge in [-0.15, -0.1) is 0 Å². The molecule has 0 unspecified atom stereocenters. The number of hydrogen-bond acceptors (Lipinski definition) is 4. The molecule has 1 atom stereocenters. The number of carbonyl (C=O) groups excluding carboxylic acids is 2. The van der Waals surface area contributed by atoms with Crippen molar-refractivity contribution in [2.45, 2.75) is 33.3 Å². The van der Waals surface area contributed by atoms with E-state index in [0.717, 1.165) is 11.1 Å². The fraction of sp³-hybridized carbons (Fsp3) is 0.300. The number of anilines is 1. The van der Waals surface area contributed by atoms with Crippen LogP contribution in [0.4, 0.5) is 5.69 Å². The molecule has 2 rings (SSSR count). The first kappa shape index (κ1) is 18.5. The van der Waals surface area contributed by atoms with Crippen LogP contribution in [0.25, 0.3) is 0 Å². The van der Waals surface area contributed by atoms with Crippen LogP contribution < -0.4 is 10.1 Å². The Kier molecular flexibility index (Phi) is 6.57. The number of benzene rings is 2. The number of aryl methyl sites for hydroxylation is 2. The molecule has 1 N–H and O–H groups in total. The maximum Gasteiger partial charge on any atom is 0.347 e. The number of hydrogen-bond donors (Lipinski definition) is 1. The van der Waals surface area contributed by atoms with Crippen LogP contribution in [0.1, 0.15) is 24.5 Å². The van der Waals surface area contributed by atoms with E-state index in [4.69, 9.17) is 9.47 Å². The molecular formula is C20H23NO4. The maximum atomic E-state index is 12.1. The van der Waals surface area contributed by atoms with Crippen molar-refractivity contribution < 1.29 is 19.1 Å². The SMILES string of the molecule is CC[C@@H](Oc1ccccc1)C(=O)OCC(=O)Nc1cc(C)cc(C)c1. The van der Waals surface area contributed by atoms with E-state index in [1.807, 2.05) is 57.2 Å². The number of carbonyl (C=O) groups is 2. The highest BCUT2D eigenvalue weighted by molar-refractivity contribution is 5.93. The zero-order valence-corrected chi connectivity index (χ0v) is 14.7. The lowest BCUT2D eigenvalue weighted by Crippen LogP contribution is -2.31. The fourth-order valence-electron chi connectivity index (χ4n) is 2.43. The van der Waals surface area contributed by atoms with E-state index in [2.05, 4.69) is 5.32 Å². The molecule has 5 heteroatoms. The number of ether oxygens (including phenoxy) is 2. The number of para-hydroxylation sites is 1. The highest BCUT2D eigenvalue weighted by Crippen LogP contribution is 2.15. The second-order valence-corrected chi connectivity index (χ2v) is 5.86. The average molecular weight is 341 g/mol. The van der Waals surface area contributed by atoms with Gasteiger partial charge in [0, 0.05) is 5.69 Å². The normalized spacial score (nSPS) is 11.5. The molecule has 0 radical (unpaired) electrons. The summed E-state index contributed by atoms with van der Waals surface area (Å²) in [6.45, 7) is 5.38. The molecule has 0 bridgehead atoms. The molecule has 2 aromatic carbocycles. The van der Waals surface area contributed by atoms with Crippen LogP contribution in [0.15, 0.2) is 48.5 Å². The summed E-state index contributed by atoms with van der Waals surface area (Å²) >= 11 is 0. The molecule has 0 saturated carbocycles. The van der Waals surface area contributed by atoms with Gasteiger partial charge in [-0.3, -0.25) is 4.79 Å². The van der Waals surface area contributed by atoms with Crippen LogP contribution in [0.2, 0.25) is 0 Å². The summed E-state index contributed by atoms with van der Waals surface area (Å²) < 4.78 is 10.7. The minimum atomic E-state index is -0.739. The van der Waals surface area contributed by atoms with E-state index < -0.39 is 12.1 Å². The van der Waals surface area contributed by atoms with Crippen LogP contribution in [-0.4, -0.2) is 24.6 Å². The Morgan fingerprint density at radius 3 is 2.28 bits per heavy atom. The number of nitrogens with one attached hydrogen (secondary N) is 1. The van der Waals surface area contributed by atoms with Gasteiger partial charge in [0.1, 0.15) is 5.75 Å². The number of esters is 1. The minimum Gasteiger partial charge on any atom is -0.479 e. The van der Waals surface area contributed by atoms with Gasteiger partial charge in [0.05, 0.1) is 0 Å². The summed E-state index contributed by atoms with van der Waals surface area (Å²) in [7, 11) is 0. The van der Waals surface area contributed by atoms with Crippen molar-refractivity contribution in [1.82, 2.24) is 0 Å². The topological polar surface area (TPSA) is 64.6 Å². The summed E-state index contributed by atoms with van der Waals surface area (Å²) in [5.74, 6) is -0.346. The summed E-state index contributed by atoms with van der Waals surface area (Å²) in [5, 5.41) is 2.73. The van der Waals surface area contributed by atoms with Gasteiger partial charge in [-0.05, 0) is 55.7 Å². The standard InChI is InChI=1S/C20H23NO4/c1-4-18(25-17-8-6-5-7-9-17)20(23)24-13-19(22)21-16-11-14(2)10-15(3)12-16/h5-12,18H,4,13H2,1-3H3,(H,21,22)/t18-/m1/s1. The van der Waals surface area contributed by atoms with Crippen LogP contribution in [0, 0.1) is 13.8 Å². The van der Waals surface area contributed by atoms with E-state index in [9.17, 15) is 9.59 Å². The summed E-state index contributed by atoms with van der Waals surface area (Å²) in [5.41, 5.74) is 2.79. The molecule has 25 heavy (non-hydrogen) atoms. The molecule has 1 amide bonds. The van der Waals surface area contributed by atoms with Gasteiger partial charge in [-0.1, -0.05) is 31.2 Å². The van der Waals surface area contributed by atoms with Crippen molar-refractivity contribution in [3.8, 4) is 5.75 Å². The average Bonchev–Trinajstić information content (AvgIpc) is 2.57. The van der Waals surface area contributed by atoms with Crippen molar-refractivity contribution in [2.75, 3.05) is 11.9 Å². The smallest absolute Gasteiger partial charge is 0.347 e. The Labute approximate surface area is 148 Å². The molecule has 0 heterocycles. The Hall–Kier alpha value is -2.82. The molecule has 0 aliphatic heterocycles. The predicted molar refractivity (Wildman–Crippen MR) is 96.7 cm³/mol. The quantitative estimate of drug-likeness (QED) is 0.781. The highest BCUT2D eigenvalue weighted by Gasteiger charge is 2.21. The third-order valence-electron chi connectivity index (χ3n) is 3.51. The Balaban J connectivity index is 1.86. The van der Waals surface area contributed by atoms with Crippen LogP contribution in [0.3, 0.4) is 0 Å². The predicted octanol–water partition coefficient (Wildman–Crippen LogP) is 3.64. The lowest BCUT2D eigenvalue weighted by Gasteiger charge is -2.16. The molecule has 5 nitrogen and oxygen atoms in total. The molecule has 0 aromatic heterocycles. The lowest BCUT2D eigenvalue weighted by atomic mass is 10.1. The second-order valence-electron chi connectivity index (χ2n) is 5.86. The molecule has 0 aliphatic carbocycles. The van der Waals surface area contributed by atoms with E-state index in [0.29, 0.717) is 17.9 Å². The third kappa shape index (κ3) is 5.95. The Morgan fingerprint density at radius 1 is 1.04 bits per heavy atom. The Bertz CT molecular complexity index is 707. The molecule has 0 saturated heterocycles. The van der Waals surface area contributed by atoms with E-state index in [1.165, 1.54) is 0 Å². The summed E-state index contributed by atoms with van der Waals surface area (Å²) in [6.07, 6.45) is -0.289. The van der Waals surface area contributed by atoms with Gasteiger partial charge in [0.15, 0.2) is 12.7 Å². The van der Waals surface area contributed by atoms with Crippen molar-refractivity contribution in [3.63, 3.8) is 0 Å². The van der Waals surface area contributed by atoms with E-state index in [-0.39, 0.29) is 12.5 Å². The molecule has 132 valence electrons. The van der Waals surface area contributed by atoms with Crippen LogP contribution in [0.5, 0.6) is 5.75 Å². The maximum absolute atomic E-state index is 12.1. The van der Waals surface area contributed by atoms with Crippen molar-refractivity contribution in [2.24, 2.45) is 0 Å². The molecular weight excluding hydrogens is 318 g/mol. The first-order valence-electron chi connectivity index (χ1n) is 8.24. The largest absolute Gasteiger partial charge is 0.479 e. The first-order valence-corrected chi connectivity index (χ1v) is 8.24. The molecule has 0 fully saturated rings. The summed E-state index contributed by atoms with van der Waals surface area (Å²) in [6, 6.07) is 14.8. The van der Waals surface area contributed by atoms with Crippen LogP contribution in [-0.2, 0) is 14.3 Å². The number of amides is 1. The minimum absolute atomic E-state index is 0.347. The fourth-order valence-corrected chi connectivity index (χ4v) is 2.43. The highest BCUT2D eigenvalue weighted by atomic mass is 16.6. The second kappa shape index (κ2) is 8.87. The lowest BCUT2D eigenvalue weighted by molar-refractivity contribution is -0.154. The van der Waals surface area contributed by atoms with Crippen LogP contribution >= 0.6 is 0 Å². The van der Waals surface area contributed by atoms with Gasteiger partial charge in [-0.25, -0.2) is 4.79 Å². The van der Waals surface area contributed by atoms with E-state index in [1.54, 1.807) is 12.1 Å². The van der Waals surface area contributed by atoms with Crippen molar-refractivity contribution in [3.05, 3.63) is 59.7 Å². The molecule has 0 spiro atoms. The summed E-state index contributed by atoms with van der Waals surface area (Å²) in [4.78, 5) is 24.1. The van der Waals surface area contributed by atoms with Gasteiger partial charge in [0.25, 0.3) is 5.91 Å². The van der Waals surface area contributed by atoms with Crippen molar-refractivity contribution in [1.29, 1.82) is 0 Å². The van der Waals surface area contributed by atoms with Gasteiger partial charge >= 0.3 is 5.97 Å².